The number of thiocarbonyl (C=S) groups is 1. The van der Waals surface area contributed by atoms with E-state index in [0.29, 0.717) is 20.8 Å². The number of hydrogen-bond acceptors (Lipinski definition) is 2. The Bertz CT molecular complexity index is 441. The second-order valence-corrected chi connectivity index (χ2v) is 5.18. The second kappa shape index (κ2) is 8.59. The average molecular weight is 321 g/mol. The molecule has 0 atom stereocenters. The first-order valence-electron chi connectivity index (χ1n) is 6.13. The van der Waals surface area contributed by atoms with Crippen LogP contribution in [0.4, 0.5) is 5.69 Å². The van der Waals surface area contributed by atoms with Crippen LogP contribution in [0.3, 0.4) is 0 Å². The number of anilines is 1. The summed E-state index contributed by atoms with van der Waals surface area (Å²) in [5.41, 5.74) is 1.60. The number of nitrogens with one attached hydrogen (secondary N) is 2. The first kappa shape index (κ1) is 16.5. The quantitative estimate of drug-likeness (QED) is 0.612. The molecule has 6 heteroatoms. The Morgan fingerprint density at radius 2 is 2.11 bits per heavy atom. The van der Waals surface area contributed by atoms with Crippen molar-refractivity contribution < 1.29 is 4.74 Å². The van der Waals surface area contributed by atoms with Crippen LogP contribution in [0.25, 0.3) is 0 Å². The molecule has 0 spiro atoms. The molecule has 106 valence electrons. The number of ether oxygens (including phenoxy) is 1. The maximum Gasteiger partial charge on any atom is 0.170 e. The van der Waals surface area contributed by atoms with Crippen molar-refractivity contribution in [3.63, 3.8) is 0 Å². The van der Waals surface area contributed by atoms with Crippen LogP contribution in [0.5, 0.6) is 0 Å². The van der Waals surface area contributed by atoms with Gasteiger partial charge in [0.1, 0.15) is 0 Å². The summed E-state index contributed by atoms with van der Waals surface area (Å²) in [6.07, 6.45) is 0.894. The van der Waals surface area contributed by atoms with Crippen LogP contribution in [0, 0.1) is 6.92 Å². The van der Waals surface area contributed by atoms with E-state index in [9.17, 15) is 0 Å². The summed E-state index contributed by atoms with van der Waals surface area (Å²) in [4.78, 5) is 0. The first-order chi connectivity index (χ1) is 9.06. The summed E-state index contributed by atoms with van der Waals surface area (Å²) in [7, 11) is 0. The fraction of sp³-hybridized carbons (Fsp3) is 0.462. The molecule has 0 aliphatic rings. The highest BCUT2D eigenvalue weighted by atomic mass is 35.5. The Hall–Kier alpha value is -0.550. The van der Waals surface area contributed by atoms with Crippen molar-refractivity contribution in [3.05, 3.63) is 27.7 Å². The van der Waals surface area contributed by atoms with Gasteiger partial charge in [0.25, 0.3) is 0 Å². The van der Waals surface area contributed by atoms with Crippen LogP contribution >= 0.6 is 35.4 Å². The molecule has 0 unspecified atom stereocenters. The summed E-state index contributed by atoms with van der Waals surface area (Å²) in [6.45, 7) is 6.09. The molecule has 1 aromatic carbocycles. The van der Waals surface area contributed by atoms with Crippen LogP contribution in [0.2, 0.25) is 10.0 Å². The monoisotopic (exact) mass is 320 g/mol. The lowest BCUT2D eigenvalue weighted by molar-refractivity contribution is 0.146. The van der Waals surface area contributed by atoms with Gasteiger partial charge in [0, 0.05) is 19.8 Å². The van der Waals surface area contributed by atoms with E-state index in [4.69, 9.17) is 40.2 Å². The normalized spacial score (nSPS) is 10.3. The van der Waals surface area contributed by atoms with Crippen LogP contribution in [0.1, 0.15) is 18.9 Å². The van der Waals surface area contributed by atoms with E-state index in [-0.39, 0.29) is 0 Å². The van der Waals surface area contributed by atoms with Crippen molar-refractivity contribution in [2.45, 2.75) is 20.3 Å². The van der Waals surface area contributed by atoms with Gasteiger partial charge >= 0.3 is 0 Å². The van der Waals surface area contributed by atoms with E-state index in [2.05, 4.69) is 10.6 Å². The van der Waals surface area contributed by atoms with E-state index in [1.807, 2.05) is 19.9 Å². The minimum atomic E-state index is 0.505. The predicted octanol–water partition coefficient (Wildman–Crippen LogP) is 4.01. The molecule has 0 aromatic heterocycles. The van der Waals surface area contributed by atoms with Gasteiger partial charge in [-0.15, -0.1) is 0 Å². The zero-order valence-electron chi connectivity index (χ0n) is 11.1. The molecule has 0 amide bonds. The molecule has 0 fully saturated rings. The first-order valence-corrected chi connectivity index (χ1v) is 7.29. The van der Waals surface area contributed by atoms with Gasteiger partial charge in [-0.2, -0.15) is 0 Å². The Balaban J connectivity index is 2.47. The molecule has 0 bridgehead atoms. The van der Waals surface area contributed by atoms with Gasteiger partial charge in [-0.1, -0.05) is 29.3 Å². The van der Waals surface area contributed by atoms with Crippen molar-refractivity contribution in [2.24, 2.45) is 0 Å². The van der Waals surface area contributed by atoms with Gasteiger partial charge in [0.05, 0.1) is 15.7 Å². The zero-order valence-corrected chi connectivity index (χ0v) is 13.4. The van der Waals surface area contributed by atoms with Gasteiger partial charge in [0.15, 0.2) is 5.11 Å². The van der Waals surface area contributed by atoms with E-state index in [1.165, 1.54) is 0 Å². The fourth-order valence-electron chi connectivity index (χ4n) is 1.45. The molecular weight excluding hydrogens is 303 g/mol. The molecular formula is C13H18Cl2N2OS. The molecule has 0 aliphatic heterocycles. The Labute approximate surface area is 129 Å². The van der Waals surface area contributed by atoms with E-state index in [1.54, 1.807) is 6.07 Å². The highest BCUT2D eigenvalue weighted by Crippen LogP contribution is 2.32. The molecule has 2 N–H and O–H groups in total. The largest absolute Gasteiger partial charge is 0.382 e. The van der Waals surface area contributed by atoms with Crippen LogP contribution < -0.4 is 10.6 Å². The third-order valence-corrected chi connectivity index (χ3v) is 3.53. The number of rotatable bonds is 6. The molecule has 1 aromatic rings. The zero-order chi connectivity index (χ0) is 14.3. The summed E-state index contributed by atoms with van der Waals surface area (Å²) < 4.78 is 5.24. The fourth-order valence-corrected chi connectivity index (χ4v) is 2.12. The van der Waals surface area contributed by atoms with Crippen LogP contribution in [-0.2, 0) is 4.74 Å². The summed E-state index contributed by atoms with van der Waals surface area (Å²) >= 11 is 17.5. The maximum absolute atomic E-state index is 6.19. The number of aryl methyl sites for hydroxylation is 1. The number of benzene rings is 1. The average Bonchev–Trinajstić information content (AvgIpc) is 2.39. The Kier molecular flexibility index (Phi) is 7.46. The number of hydrogen-bond donors (Lipinski definition) is 2. The number of halogens is 2. The Morgan fingerprint density at radius 3 is 2.79 bits per heavy atom. The highest BCUT2D eigenvalue weighted by Gasteiger charge is 2.09. The molecule has 1 rings (SSSR count). The summed E-state index contributed by atoms with van der Waals surface area (Å²) in [5, 5.41) is 7.76. The summed E-state index contributed by atoms with van der Waals surface area (Å²) in [5.74, 6) is 0. The van der Waals surface area contributed by atoms with Crippen molar-refractivity contribution in [1.29, 1.82) is 0 Å². The van der Waals surface area contributed by atoms with Gasteiger partial charge < -0.3 is 15.4 Å². The predicted molar refractivity (Wildman–Crippen MR) is 86.5 cm³/mol. The lowest BCUT2D eigenvalue weighted by atomic mass is 10.2. The Morgan fingerprint density at radius 1 is 1.37 bits per heavy atom. The van der Waals surface area contributed by atoms with Crippen LogP contribution in [-0.4, -0.2) is 24.9 Å². The minimum absolute atomic E-state index is 0.505. The highest BCUT2D eigenvalue weighted by molar-refractivity contribution is 7.80. The van der Waals surface area contributed by atoms with Crippen molar-refractivity contribution in [1.82, 2.24) is 5.32 Å². The topological polar surface area (TPSA) is 33.3 Å². The third kappa shape index (κ3) is 5.53. The van der Waals surface area contributed by atoms with Gasteiger partial charge in [0.2, 0.25) is 0 Å². The van der Waals surface area contributed by atoms with E-state index < -0.39 is 0 Å². The third-order valence-electron chi connectivity index (χ3n) is 2.48. The van der Waals surface area contributed by atoms with Crippen molar-refractivity contribution >= 4 is 46.2 Å². The minimum Gasteiger partial charge on any atom is -0.382 e. The van der Waals surface area contributed by atoms with Gasteiger partial charge in [-0.05, 0) is 44.1 Å². The summed E-state index contributed by atoms with van der Waals surface area (Å²) in [6, 6.07) is 3.66. The molecule has 0 radical (unpaired) electrons. The molecule has 3 nitrogen and oxygen atoms in total. The van der Waals surface area contributed by atoms with E-state index >= 15 is 0 Å². The van der Waals surface area contributed by atoms with Crippen LogP contribution in [0.15, 0.2) is 12.1 Å². The molecule has 0 aliphatic carbocycles. The van der Waals surface area contributed by atoms with Gasteiger partial charge in [-0.25, -0.2) is 0 Å². The second-order valence-electron chi connectivity index (χ2n) is 3.98. The lowest BCUT2D eigenvalue weighted by Crippen LogP contribution is -2.30. The van der Waals surface area contributed by atoms with Crippen molar-refractivity contribution in [2.75, 3.05) is 25.1 Å². The van der Waals surface area contributed by atoms with E-state index in [0.717, 1.165) is 31.7 Å². The molecule has 19 heavy (non-hydrogen) atoms. The standard InChI is InChI=1S/C13H18Cl2N2OS/c1-3-18-8-4-7-16-13(19)17-12-10(14)6-5-9(2)11(12)15/h5-6H,3-4,7-8H2,1-2H3,(H2,16,17,19). The smallest absolute Gasteiger partial charge is 0.170 e. The lowest BCUT2D eigenvalue weighted by Gasteiger charge is -2.14. The molecule has 0 heterocycles. The SMILES string of the molecule is CCOCCCNC(=S)Nc1c(Cl)ccc(C)c1Cl. The van der Waals surface area contributed by atoms with Gasteiger partial charge in [-0.3, -0.25) is 0 Å². The molecule has 0 saturated heterocycles. The molecule has 0 saturated carbocycles. The van der Waals surface area contributed by atoms with Crippen molar-refractivity contribution in [3.8, 4) is 0 Å². The maximum atomic E-state index is 6.19.